The molecule has 1 aromatic rings. The van der Waals surface area contributed by atoms with Crippen LogP contribution in [0, 0.1) is 17.7 Å². The first-order valence-corrected chi connectivity index (χ1v) is 12.5. The fourth-order valence-electron chi connectivity index (χ4n) is 3.56. The number of nitrogens with one attached hydrogen (secondary N) is 2. The summed E-state index contributed by atoms with van der Waals surface area (Å²) in [6.45, 7) is 4.37. The number of nitrogens with zero attached hydrogens (tertiary/aromatic N) is 2. The van der Waals surface area contributed by atoms with Crippen LogP contribution in [0.5, 0.6) is 5.75 Å². The molecule has 0 radical (unpaired) electrons. The zero-order chi connectivity index (χ0) is 21.7. The van der Waals surface area contributed by atoms with Gasteiger partial charge in [-0.15, -0.1) is 0 Å². The smallest absolute Gasteiger partial charge is 0.211 e. The maximum absolute atomic E-state index is 14.4. The molecule has 1 saturated heterocycles. The minimum Gasteiger partial charge on any atom is -0.490 e. The molecule has 3 rings (SSSR count). The fraction of sp³-hybridized carbons (Fsp3) is 0.667. The molecule has 2 N–H and O–H groups in total. The predicted octanol–water partition coefficient (Wildman–Crippen LogP) is 2.51. The molecule has 1 saturated carbocycles. The van der Waals surface area contributed by atoms with Gasteiger partial charge in [-0.1, -0.05) is 6.07 Å². The molecule has 2 fully saturated rings. The van der Waals surface area contributed by atoms with Crippen LogP contribution in [0.1, 0.15) is 44.2 Å². The molecule has 30 heavy (non-hydrogen) atoms. The summed E-state index contributed by atoms with van der Waals surface area (Å²) in [6, 6.07) is 4.94. The van der Waals surface area contributed by atoms with Crippen LogP contribution in [-0.4, -0.2) is 58.2 Å². The van der Waals surface area contributed by atoms with Crippen molar-refractivity contribution in [1.29, 1.82) is 0 Å². The van der Waals surface area contributed by atoms with E-state index in [2.05, 4.69) is 15.6 Å². The van der Waals surface area contributed by atoms with Gasteiger partial charge in [0.05, 0.1) is 18.9 Å². The Morgan fingerprint density at radius 3 is 2.53 bits per heavy atom. The molecule has 0 amide bonds. The van der Waals surface area contributed by atoms with Gasteiger partial charge in [-0.3, -0.25) is 4.99 Å². The van der Waals surface area contributed by atoms with Crippen LogP contribution >= 0.6 is 0 Å². The standard InChI is InChI=1S/C21H33FN4O3S/c1-15(18-6-7-20(19(22)12-18)29-14-17-4-5-17)25-21(23-2)24-13-16-8-10-26(11-9-16)30(3,27)28/h6-7,12,15-17H,4-5,8-11,13-14H2,1-3H3,(H2,23,24,25). The van der Waals surface area contributed by atoms with E-state index >= 15 is 0 Å². The van der Waals surface area contributed by atoms with Gasteiger partial charge in [0, 0.05) is 26.7 Å². The van der Waals surface area contributed by atoms with Crippen LogP contribution in [0.3, 0.4) is 0 Å². The quantitative estimate of drug-likeness (QED) is 0.479. The SMILES string of the molecule is CN=C(NCC1CCN(S(C)(=O)=O)CC1)NC(C)c1ccc(OCC2CC2)c(F)c1. The molecule has 1 aliphatic heterocycles. The van der Waals surface area contributed by atoms with Gasteiger partial charge >= 0.3 is 0 Å². The molecule has 1 aromatic carbocycles. The average molecular weight is 441 g/mol. The predicted molar refractivity (Wildman–Crippen MR) is 117 cm³/mol. The van der Waals surface area contributed by atoms with Gasteiger partial charge in [0.1, 0.15) is 0 Å². The van der Waals surface area contributed by atoms with E-state index in [0.717, 1.165) is 18.4 Å². The van der Waals surface area contributed by atoms with Crippen molar-refractivity contribution in [1.82, 2.24) is 14.9 Å². The van der Waals surface area contributed by atoms with E-state index in [1.165, 1.54) is 29.5 Å². The summed E-state index contributed by atoms with van der Waals surface area (Å²) in [5, 5.41) is 6.60. The van der Waals surface area contributed by atoms with Crippen LogP contribution in [0.4, 0.5) is 4.39 Å². The highest BCUT2D eigenvalue weighted by Crippen LogP contribution is 2.30. The largest absolute Gasteiger partial charge is 0.490 e. The second-order valence-corrected chi connectivity index (χ2v) is 10.4. The summed E-state index contributed by atoms with van der Waals surface area (Å²) in [5.41, 5.74) is 0.815. The Balaban J connectivity index is 1.46. The third-order valence-corrected chi connectivity index (χ3v) is 7.11. The van der Waals surface area contributed by atoms with Crippen molar-refractivity contribution in [2.75, 3.05) is 39.5 Å². The zero-order valence-corrected chi connectivity index (χ0v) is 18.8. The van der Waals surface area contributed by atoms with E-state index < -0.39 is 10.0 Å². The molecule has 0 aromatic heterocycles. The van der Waals surface area contributed by atoms with E-state index in [4.69, 9.17) is 4.74 Å². The summed E-state index contributed by atoms with van der Waals surface area (Å²) in [7, 11) is -1.41. The Bertz CT molecular complexity index is 850. The number of hydrogen-bond donors (Lipinski definition) is 2. The Morgan fingerprint density at radius 1 is 1.27 bits per heavy atom. The Morgan fingerprint density at radius 2 is 1.97 bits per heavy atom. The number of guanidine groups is 1. The van der Waals surface area contributed by atoms with Gasteiger partial charge in [-0.05, 0) is 62.1 Å². The molecule has 0 spiro atoms. The minimum absolute atomic E-state index is 0.129. The summed E-state index contributed by atoms with van der Waals surface area (Å²) in [5.74, 6) is 1.57. The second kappa shape index (κ2) is 9.96. The van der Waals surface area contributed by atoms with Gasteiger partial charge < -0.3 is 15.4 Å². The average Bonchev–Trinajstić information content (AvgIpc) is 3.54. The lowest BCUT2D eigenvalue weighted by molar-refractivity contribution is 0.274. The van der Waals surface area contributed by atoms with Crippen LogP contribution < -0.4 is 15.4 Å². The molecular formula is C21H33FN4O3S. The summed E-state index contributed by atoms with van der Waals surface area (Å²) < 4.78 is 44.7. The summed E-state index contributed by atoms with van der Waals surface area (Å²) >= 11 is 0. The lowest BCUT2D eigenvalue weighted by Crippen LogP contribution is -2.44. The van der Waals surface area contributed by atoms with Crippen LogP contribution in [0.25, 0.3) is 0 Å². The first kappa shape index (κ1) is 22.8. The number of ether oxygens (including phenoxy) is 1. The van der Waals surface area contributed by atoms with E-state index in [1.807, 2.05) is 13.0 Å². The number of piperidine rings is 1. The highest BCUT2D eigenvalue weighted by Gasteiger charge is 2.25. The number of rotatable bonds is 8. The van der Waals surface area contributed by atoms with Crippen LogP contribution in [0.15, 0.2) is 23.2 Å². The number of hydrogen-bond acceptors (Lipinski definition) is 4. The van der Waals surface area contributed by atoms with Crippen molar-refractivity contribution in [2.24, 2.45) is 16.8 Å². The molecule has 1 atom stereocenters. The normalized spacial score (nSPS) is 20.1. The molecule has 9 heteroatoms. The first-order chi connectivity index (χ1) is 14.3. The summed E-state index contributed by atoms with van der Waals surface area (Å²) in [6.07, 6.45) is 5.24. The molecule has 1 heterocycles. The maximum Gasteiger partial charge on any atom is 0.211 e. The molecule has 7 nitrogen and oxygen atoms in total. The number of halogens is 1. The monoisotopic (exact) mass is 440 g/mol. The number of aliphatic imine (C=N–C) groups is 1. The highest BCUT2D eigenvalue weighted by molar-refractivity contribution is 7.88. The Hall–Kier alpha value is -1.87. The van der Waals surface area contributed by atoms with Gasteiger partial charge in [-0.25, -0.2) is 17.1 Å². The van der Waals surface area contributed by atoms with Gasteiger partial charge in [-0.2, -0.15) is 0 Å². The summed E-state index contributed by atoms with van der Waals surface area (Å²) in [4.78, 5) is 4.26. The minimum atomic E-state index is -3.11. The van der Waals surface area contributed by atoms with Gasteiger partial charge in [0.15, 0.2) is 17.5 Å². The molecule has 2 aliphatic rings. The molecule has 1 aliphatic carbocycles. The van der Waals surface area contributed by atoms with Crippen molar-refractivity contribution in [3.63, 3.8) is 0 Å². The Labute approximate surface area is 179 Å². The molecule has 168 valence electrons. The third-order valence-electron chi connectivity index (χ3n) is 5.80. The van der Waals surface area contributed by atoms with Crippen molar-refractivity contribution in [2.45, 2.75) is 38.6 Å². The molecular weight excluding hydrogens is 407 g/mol. The Kier molecular flexibility index (Phi) is 7.57. The van der Waals surface area contributed by atoms with E-state index in [9.17, 15) is 12.8 Å². The first-order valence-electron chi connectivity index (χ1n) is 10.6. The van der Waals surface area contributed by atoms with E-state index in [0.29, 0.717) is 49.8 Å². The van der Waals surface area contributed by atoms with E-state index in [1.54, 1.807) is 13.1 Å². The topological polar surface area (TPSA) is 83.0 Å². The van der Waals surface area contributed by atoms with E-state index in [-0.39, 0.29) is 11.9 Å². The number of benzene rings is 1. The van der Waals surface area contributed by atoms with Crippen molar-refractivity contribution in [3.8, 4) is 5.75 Å². The highest BCUT2D eigenvalue weighted by atomic mass is 32.2. The van der Waals surface area contributed by atoms with Crippen LogP contribution in [0.2, 0.25) is 0 Å². The lowest BCUT2D eigenvalue weighted by Gasteiger charge is -2.30. The molecule has 0 bridgehead atoms. The van der Waals surface area contributed by atoms with Gasteiger partial charge in [0.25, 0.3) is 0 Å². The van der Waals surface area contributed by atoms with Crippen molar-refractivity contribution >= 4 is 16.0 Å². The maximum atomic E-state index is 14.4. The fourth-order valence-corrected chi connectivity index (χ4v) is 4.44. The number of sulfonamides is 1. The molecule has 1 unspecified atom stereocenters. The third kappa shape index (κ3) is 6.57. The second-order valence-electron chi connectivity index (χ2n) is 8.37. The lowest BCUT2D eigenvalue weighted by atomic mass is 9.98. The van der Waals surface area contributed by atoms with Crippen LogP contribution in [-0.2, 0) is 10.0 Å². The van der Waals surface area contributed by atoms with Crippen molar-refractivity contribution < 1.29 is 17.5 Å². The van der Waals surface area contributed by atoms with Gasteiger partial charge in [0.2, 0.25) is 10.0 Å². The zero-order valence-electron chi connectivity index (χ0n) is 18.0. The van der Waals surface area contributed by atoms with Crippen molar-refractivity contribution in [3.05, 3.63) is 29.6 Å².